The van der Waals surface area contributed by atoms with Gasteiger partial charge in [-0.25, -0.2) is 13.1 Å². The number of fused-ring (bicyclic) bond motifs is 1. The lowest BCUT2D eigenvalue weighted by Crippen LogP contribution is -2.26. The molecule has 6 heteroatoms. The molecule has 2 aromatic rings. The molecule has 0 atom stereocenters. The molecule has 2 aromatic carbocycles. The second-order valence-corrected chi connectivity index (χ2v) is 7.56. The molecule has 1 N–H and O–H groups in total. The summed E-state index contributed by atoms with van der Waals surface area (Å²) in [5.41, 5.74) is 1.92. The molecule has 0 radical (unpaired) electrons. The van der Waals surface area contributed by atoms with Gasteiger partial charge in [0.05, 0.1) is 18.1 Å². The summed E-state index contributed by atoms with van der Waals surface area (Å²) in [5, 5.41) is 0. The van der Waals surface area contributed by atoms with Gasteiger partial charge in [0.2, 0.25) is 10.0 Å². The summed E-state index contributed by atoms with van der Waals surface area (Å²) in [7, 11) is -3.48. The molecule has 3 rings (SSSR count). The Hall–Kier alpha value is -2.05. The van der Waals surface area contributed by atoms with Gasteiger partial charge in [0.25, 0.3) is 0 Å². The Bertz CT molecular complexity index is 818. The predicted molar refractivity (Wildman–Crippen MR) is 92.1 cm³/mol. The summed E-state index contributed by atoms with van der Waals surface area (Å²) < 4.78 is 38.5. The van der Waals surface area contributed by atoms with Gasteiger partial charge in [-0.1, -0.05) is 18.2 Å². The van der Waals surface area contributed by atoms with E-state index >= 15 is 0 Å². The SMILES string of the molecule is Cc1cccc(S(=O)(=O)NCCc2ccc3c(c2)OCCCO3)c1. The Balaban J connectivity index is 1.63. The summed E-state index contributed by atoms with van der Waals surface area (Å²) in [6.45, 7) is 3.49. The van der Waals surface area contributed by atoms with Crippen LogP contribution >= 0.6 is 0 Å². The van der Waals surface area contributed by atoms with Crippen LogP contribution in [0.2, 0.25) is 0 Å². The second kappa shape index (κ2) is 7.23. The van der Waals surface area contributed by atoms with Gasteiger partial charge in [0.1, 0.15) is 0 Å². The van der Waals surface area contributed by atoms with Crippen molar-refractivity contribution in [3.63, 3.8) is 0 Å². The van der Waals surface area contributed by atoms with Crippen molar-refractivity contribution >= 4 is 10.0 Å². The van der Waals surface area contributed by atoms with Gasteiger partial charge < -0.3 is 9.47 Å². The van der Waals surface area contributed by atoms with Gasteiger partial charge >= 0.3 is 0 Å². The first kappa shape index (κ1) is 16.8. The minimum Gasteiger partial charge on any atom is -0.490 e. The zero-order chi connectivity index (χ0) is 17.0. The van der Waals surface area contributed by atoms with Crippen LogP contribution in [0.25, 0.3) is 0 Å². The Morgan fingerprint density at radius 3 is 2.62 bits per heavy atom. The van der Waals surface area contributed by atoms with E-state index in [0.717, 1.165) is 29.0 Å². The lowest BCUT2D eigenvalue weighted by molar-refractivity contribution is 0.297. The van der Waals surface area contributed by atoms with E-state index in [1.165, 1.54) is 0 Å². The van der Waals surface area contributed by atoms with E-state index in [2.05, 4.69) is 4.72 Å². The van der Waals surface area contributed by atoms with Crippen LogP contribution in [0.5, 0.6) is 11.5 Å². The lowest BCUT2D eigenvalue weighted by atomic mass is 10.1. The number of rotatable bonds is 5. The van der Waals surface area contributed by atoms with Crippen LogP contribution in [-0.2, 0) is 16.4 Å². The van der Waals surface area contributed by atoms with Gasteiger partial charge in [-0.15, -0.1) is 0 Å². The zero-order valence-electron chi connectivity index (χ0n) is 13.6. The highest BCUT2D eigenvalue weighted by Crippen LogP contribution is 2.30. The largest absolute Gasteiger partial charge is 0.490 e. The van der Waals surface area contributed by atoms with Crippen molar-refractivity contribution in [2.24, 2.45) is 0 Å². The zero-order valence-corrected chi connectivity index (χ0v) is 14.4. The third kappa shape index (κ3) is 4.07. The van der Waals surface area contributed by atoms with E-state index in [9.17, 15) is 8.42 Å². The van der Waals surface area contributed by atoms with Gasteiger partial charge in [0, 0.05) is 13.0 Å². The number of hydrogen-bond acceptors (Lipinski definition) is 4. The summed E-state index contributed by atoms with van der Waals surface area (Å²) in [5.74, 6) is 1.48. The Morgan fingerprint density at radius 1 is 1.04 bits per heavy atom. The van der Waals surface area contributed by atoms with Gasteiger partial charge in [0.15, 0.2) is 11.5 Å². The Labute approximate surface area is 142 Å². The fourth-order valence-electron chi connectivity index (χ4n) is 2.56. The van der Waals surface area contributed by atoms with Crippen molar-refractivity contribution < 1.29 is 17.9 Å². The highest BCUT2D eigenvalue weighted by atomic mass is 32.2. The normalized spacial score (nSPS) is 14.2. The molecule has 0 amide bonds. The first-order valence-corrected chi connectivity index (χ1v) is 9.48. The van der Waals surface area contributed by atoms with E-state index in [4.69, 9.17) is 9.47 Å². The molecule has 0 aliphatic carbocycles. The molecule has 0 saturated carbocycles. The molecule has 1 aliphatic rings. The van der Waals surface area contributed by atoms with Crippen molar-refractivity contribution in [3.05, 3.63) is 53.6 Å². The van der Waals surface area contributed by atoms with Gasteiger partial charge in [-0.05, 0) is 48.7 Å². The van der Waals surface area contributed by atoms with E-state index in [1.807, 2.05) is 31.2 Å². The summed E-state index contributed by atoms with van der Waals surface area (Å²) in [6.07, 6.45) is 1.45. The molecule has 1 heterocycles. The van der Waals surface area contributed by atoms with Crippen LogP contribution in [-0.4, -0.2) is 28.2 Å². The molecule has 128 valence electrons. The fraction of sp³-hybridized carbons (Fsp3) is 0.333. The average Bonchev–Trinajstić information content (AvgIpc) is 2.79. The molecule has 0 fully saturated rings. The standard InChI is InChI=1S/C18H21NO4S/c1-14-4-2-5-16(12-14)24(20,21)19-9-8-15-6-7-17-18(13-15)23-11-3-10-22-17/h2,4-7,12-13,19H,3,8-11H2,1H3. The maximum atomic E-state index is 12.3. The maximum absolute atomic E-state index is 12.3. The second-order valence-electron chi connectivity index (χ2n) is 5.80. The number of nitrogens with one attached hydrogen (secondary N) is 1. The monoisotopic (exact) mass is 347 g/mol. The molecule has 0 aromatic heterocycles. The number of sulfonamides is 1. The quantitative estimate of drug-likeness (QED) is 0.903. The molecule has 0 saturated heterocycles. The van der Waals surface area contributed by atoms with E-state index in [0.29, 0.717) is 31.1 Å². The Morgan fingerprint density at radius 2 is 1.83 bits per heavy atom. The van der Waals surface area contributed by atoms with Crippen molar-refractivity contribution in [3.8, 4) is 11.5 Å². The lowest BCUT2D eigenvalue weighted by Gasteiger charge is -2.10. The highest BCUT2D eigenvalue weighted by molar-refractivity contribution is 7.89. The van der Waals surface area contributed by atoms with Gasteiger partial charge in [-0.3, -0.25) is 0 Å². The summed E-state index contributed by atoms with van der Waals surface area (Å²) in [4.78, 5) is 0.293. The molecule has 5 nitrogen and oxygen atoms in total. The minimum absolute atomic E-state index is 0.293. The molecule has 24 heavy (non-hydrogen) atoms. The number of benzene rings is 2. The van der Waals surface area contributed by atoms with Crippen LogP contribution in [0.15, 0.2) is 47.4 Å². The molecular formula is C18H21NO4S. The van der Waals surface area contributed by atoms with Crippen molar-refractivity contribution in [2.75, 3.05) is 19.8 Å². The number of aryl methyl sites for hydroxylation is 1. The smallest absolute Gasteiger partial charge is 0.240 e. The molecule has 0 bridgehead atoms. The third-order valence-electron chi connectivity index (χ3n) is 3.82. The van der Waals surface area contributed by atoms with Crippen LogP contribution < -0.4 is 14.2 Å². The number of ether oxygens (including phenoxy) is 2. The topological polar surface area (TPSA) is 64.6 Å². The van der Waals surface area contributed by atoms with Crippen LogP contribution in [0, 0.1) is 6.92 Å². The number of hydrogen-bond donors (Lipinski definition) is 1. The van der Waals surface area contributed by atoms with Gasteiger partial charge in [-0.2, -0.15) is 0 Å². The summed E-state index contributed by atoms with van der Waals surface area (Å²) in [6, 6.07) is 12.6. The van der Waals surface area contributed by atoms with Crippen LogP contribution in [0.1, 0.15) is 17.5 Å². The fourth-order valence-corrected chi connectivity index (χ4v) is 3.69. The van der Waals surface area contributed by atoms with Crippen molar-refractivity contribution in [1.82, 2.24) is 4.72 Å². The maximum Gasteiger partial charge on any atom is 0.240 e. The Kier molecular flexibility index (Phi) is 5.06. The van der Waals surface area contributed by atoms with Crippen molar-refractivity contribution in [1.29, 1.82) is 0 Å². The van der Waals surface area contributed by atoms with Crippen LogP contribution in [0.4, 0.5) is 0 Å². The first-order valence-electron chi connectivity index (χ1n) is 7.99. The predicted octanol–water partition coefficient (Wildman–Crippen LogP) is 2.68. The van der Waals surface area contributed by atoms with Crippen molar-refractivity contribution in [2.45, 2.75) is 24.7 Å². The molecule has 0 unspecified atom stereocenters. The minimum atomic E-state index is -3.48. The molecular weight excluding hydrogens is 326 g/mol. The van der Waals surface area contributed by atoms with E-state index < -0.39 is 10.0 Å². The first-order chi connectivity index (χ1) is 11.5. The average molecular weight is 347 g/mol. The third-order valence-corrected chi connectivity index (χ3v) is 5.28. The summed E-state index contributed by atoms with van der Waals surface area (Å²) >= 11 is 0. The highest BCUT2D eigenvalue weighted by Gasteiger charge is 2.14. The molecule has 0 spiro atoms. The van der Waals surface area contributed by atoms with Crippen LogP contribution in [0.3, 0.4) is 0 Å². The molecule has 1 aliphatic heterocycles. The van der Waals surface area contributed by atoms with E-state index in [1.54, 1.807) is 18.2 Å². The van der Waals surface area contributed by atoms with E-state index in [-0.39, 0.29) is 0 Å².